The van der Waals surface area contributed by atoms with Gasteiger partial charge in [-0.1, -0.05) is 18.2 Å². The molecule has 0 atom stereocenters. The van der Waals surface area contributed by atoms with Crippen LogP contribution in [0.2, 0.25) is 0 Å². The fraction of sp³-hybridized carbons (Fsp3) is 0.385. The lowest BCUT2D eigenvalue weighted by atomic mass is 10.2. The van der Waals surface area contributed by atoms with E-state index in [1.165, 1.54) is 16.6 Å². The Morgan fingerprint density at radius 3 is 2.81 bits per heavy atom. The molecular formula is C13H17ClN2. The van der Waals surface area contributed by atoms with Gasteiger partial charge in [0.1, 0.15) is 0 Å². The molecule has 0 saturated heterocycles. The second-order valence-corrected chi connectivity index (χ2v) is 4.48. The Bertz CT molecular complexity index is 476. The van der Waals surface area contributed by atoms with Crippen LogP contribution < -0.4 is 4.90 Å². The smallest absolute Gasteiger partial charge is 0.0623 e. The molecule has 0 spiro atoms. The van der Waals surface area contributed by atoms with Gasteiger partial charge >= 0.3 is 0 Å². The maximum atomic E-state index is 5.72. The quantitative estimate of drug-likeness (QED) is 0.740. The molecule has 0 unspecified atom stereocenters. The summed E-state index contributed by atoms with van der Waals surface area (Å²) in [5.41, 5.74) is 2.55. The largest absolute Gasteiger partial charge is 0.373 e. The predicted octanol–water partition coefficient (Wildman–Crippen LogP) is 3.24. The van der Waals surface area contributed by atoms with Crippen molar-refractivity contribution in [2.24, 2.45) is 7.05 Å². The van der Waals surface area contributed by atoms with Crippen LogP contribution in [0.5, 0.6) is 0 Å². The van der Waals surface area contributed by atoms with Gasteiger partial charge in [0.15, 0.2) is 0 Å². The van der Waals surface area contributed by atoms with Gasteiger partial charge in [-0.05, 0) is 12.5 Å². The Hall–Kier alpha value is -1.15. The maximum absolute atomic E-state index is 5.72. The number of benzene rings is 1. The highest BCUT2D eigenvalue weighted by atomic mass is 35.5. The highest BCUT2D eigenvalue weighted by Gasteiger charge is 2.09. The molecule has 1 aromatic carbocycles. The van der Waals surface area contributed by atoms with E-state index in [4.69, 9.17) is 11.6 Å². The summed E-state index contributed by atoms with van der Waals surface area (Å²) in [6.45, 7) is 0.998. The molecule has 0 N–H and O–H groups in total. The molecule has 0 aliphatic heterocycles. The van der Waals surface area contributed by atoms with E-state index in [0.29, 0.717) is 0 Å². The lowest BCUT2D eigenvalue weighted by Crippen LogP contribution is -2.18. The molecule has 0 amide bonds. The van der Waals surface area contributed by atoms with Crippen LogP contribution in [0.4, 0.5) is 5.69 Å². The second kappa shape index (κ2) is 4.79. The predicted molar refractivity (Wildman–Crippen MR) is 71.5 cm³/mol. The Morgan fingerprint density at radius 2 is 2.06 bits per heavy atom. The van der Waals surface area contributed by atoms with Crippen LogP contribution in [0.15, 0.2) is 30.5 Å². The van der Waals surface area contributed by atoms with E-state index in [1.54, 1.807) is 0 Å². The minimum absolute atomic E-state index is 0.717. The van der Waals surface area contributed by atoms with Crippen molar-refractivity contribution in [3.05, 3.63) is 30.5 Å². The summed E-state index contributed by atoms with van der Waals surface area (Å²) >= 11 is 5.72. The first kappa shape index (κ1) is 11.3. The minimum Gasteiger partial charge on any atom is -0.373 e. The van der Waals surface area contributed by atoms with Crippen LogP contribution in [0, 0.1) is 0 Å². The highest BCUT2D eigenvalue weighted by Crippen LogP contribution is 2.27. The van der Waals surface area contributed by atoms with E-state index in [-0.39, 0.29) is 0 Å². The van der Waals surface area contributed by atoms with Crippen molar-refractivity contribution in [1.29, 1.82) is 0 Å². The first-order valence-corrected chi connectivity index (χ1v) is 6.08. The molecule has 1 heterocycles. The number of hydrogen-bond acceptors (Lipinski definition) is 1. The molecule has 1 aromatic heterocycles. The summed E-state index contributed by atoms with van der Waals surface area (Å²) in [5, 5.41) is 1.31. The molecule has 3 heteroatoms. The number of fused-ring (bicyclic) bond motifs is 1. The van der Waals surface area contributed by atoms with Crippen molar-refractivity contribution in [1.82, 2.24) is 4.57 Å². The van der Waals surface area contributed by atoms with Crippen LogP contribution >= 0.6 is 11.6 Å². The number of anilines is 1. The van der Waals surface area contributed by atoms with E-state index in [2.05, 4.69) is 54.0 Å². The summed E-state index contributed by atoms with van der Waals surface area (Å²) in [6.07, 6.45) is 3.19. The lowest BCUT2D eigenvalue weighted by Gasteiger charge is -2.17. The summed E-state index contributed by atoms with van der Waals surface area (Å²) in [7, 11) is 4.20. The molecule has 16 heavy (non-hydrogen) atoms. The third kappa shape index (κ3) is 2.03. The van der Waals surface area contributed by atoms with Crippen LogP contribution in [0.3, 0.4) is 0 Å². The monoisotopic (exact) mass is 236 g/mol. The number of alkyl halides is 1. The van der Waals surface area contributed by atoms with Crippen molar-refractivity contribution >= 4 is 28.2 Å². The summed E-state index contributed by atoms with van der Waals surface area (Å²) in [5.74, 6) is 0.717. The first-order valence-electron chi connectivity index (χ1n) is 5.55. The Balaban J connectivity index is 2.37. The second-order valence-electron chi connectivity index (χ2n) is 4.11. The zero-order chi connectivity index (χ0) is 11.5. The standard InChI is InChI=1S/C13H17ClN2/c1-15(9-5-8-14)13-10-16(2)12-7-4-3-6-11(12)13/h3-4,6-7,10H,5,8-9H2,1-2H3. The number of nitrogens with zero attached hydrogens (tertiary/aromatic N) is 2. The molecule has 0 fully saturated rings. The van der Waals surface area contributed by atoms with Gasteiger partial charge in [-0.25, -0.2) is 0 Å². The van der Waals surface area contributed by atoms with Crippen molar-refractivity contribution in [2.45, 2.75) is 6.42 Å². The van der Waals surface area contributed by atoms with Gasteiger partial charge in [-0.2, -0.15) is 0 Å². The molecular weight excluding hydrogens is 220 g/mol. The van der Waals surface area contributed by atoms with Crippen LogP contribution in [-0.2, 0) is 7.05 Å². The van der Waals surface area contributed by atoms with E-state index in [0.717, 1.165) is 18.8 Å². The number of halogens is 1. The number of aromatic nitrogens is 1. The molecule has 0 radical (unpaired) electrons. The normalized spacial score (nSPS) is 10.9. The fourth-order valence-electron chi connectivity index (χ4n) is 2.04. The first-order chi connectivity index (χ1) is 7.74. The van der Waals surface area contributed by atoms with Gasteiger partial charge in [0.05, 0.1) is 5.69 Å². The summed E-state index contributed by atoms with van der Waals surface area (Å²) < 4.78 is 2.17. The zero-order valence-corrected chi connectivity index (χ0v) is 10.5. The van der Waals surface area contributed by atoms with Gasteiger partial charge in [0, 0.05) is 43.6 Å². The SMILES string of the molecule is CN(CCCCl)c1cn(C)c2ccccc12. The molecule has 2 rings (SSSR count). The van der Waals surface area contributed by atoms with E-state index >= 15 is 0 Å². The molecule has 0 saturated carbocycles. The minimum atomic E-state index is 0.717. The van der Waals surface area contributed by atoms with E-state index in [9.17, 15) is 0 Å². The van der Waals surface area contributed by atoms with Crippen molar-refractivity contribution in [2.75, 3.05) is 24.4 Å². The summed E-state index contributed by atoms with van der Waals surface area (Å²) in [6, 6.07) is 8.47. The summed E-state index contributed by atoms with van der Waals surface area (Å²) in [4.78, 5) is 2.27. The lowest BCUT2D eigenvalue weighted by molar-refractivity contribution is 0.854. The van der Waals surface area contributed by atoms with Gasteiger partial charge in [-0.15, -0.1) is 11.6 Å². The number of rotatable bonds is 4. The number of aryl methyl sites for hydroxylation is 1. The zero-order valence-electron chi connectivity index (χ0n) is 9.78. The van der Waals surface area contributed by atoms with Gasteiger partial charge in [0.2, 0.25) is 0 Å². The van der Waals surface area contributed by atoms with Crippen molar-refractivity contribution in [3.8, 4) is 0 Å². The van der Waals surface area contributed by atoms with Crippen LogP contribution in [0.25, 0.3) is 10.9 Å². The molecule has 0 aliphatic carbocycles. The topological polar surface area (TPSA) is 8.17 Å². The molecule has 86 valence electrons. The Labute approximate surface area is 101 Å². The Kier molecular flexibility index (Phi) is 3.39. The van der Waals surface area contributed by atoms with Gasteiger partial charge < -0.3 is 9.47 Å². The molecule has 0 aliphatic rings. The van der Waals surface area contributed by atoms with Crippen LogP contribution in [0.1, 0.15) is 6.42 Å². The van der Waals surface area contributed by atoms with E-state index in [1.807, 2.05) is 0 Å². The van der Waals surface area contributed by atoms with E-state index < -0.39 is 0 Å². The van der Waals surface area contributed by atoms with Crippen molar-refractivity contribution in [3.63, 3.8) is 0 Å². The number of para-hydroxylation sites is 1. The van der Waals surface area contributed by atoms with Gasteiger partial charge in [-0.3, -0.25) is 0 Å². The van der Waals surface area contributed by atoms with Crippen molar-refractivity contribution < 1.29 is 0 Å². The molecule has 0 bridgehead atoms. The Morgan fingerprint density at radius 1 is 1.31 bits per heavy atom. The average molecular weight is 237 g/mol. The average Bonchev–Trinajstić information content (AvgIpc) is 2.65. The fourth-order valence-corrected chi connectivity index (χ4v) is 2.16. The third-order valence-electron chi connectivity index (χ3n) is 2.91. The van der Waals surface area contributed by atoms with Gasteiger partial charge in [0.25, 0.3) is 0 Å². The van der Waals surface area contributed by atoms with Crippen LogP contribution in [-0.4, -0.2) is 24.0 Å². The molecule has 2 nitrogen and oxygen atoms in total. The third-order valence-corrected chi connectivity index (χ3v) is 3.18. The highest BCUT2D eigenvalue weighted by molar-refractivity contribution is 6.17. The molecule has 2 aromatic rings. The number of hydrogen-bond donors (Lipinski definition) is 0. The maximum Gasteiger partial charge on any atom is 0.0623 e.